The summed E-state index contributed by atoms with van der Waals surface area (Å²) < 4.78 is 0. The van der Waals surface area contributed by atoms with Gasteiger partial charge in [-0.3, -0.25) is 4.79 Å². The third kappa shape index (κ3) is 3.01. The zero-order valence-corrected chi connectivity index (χ0v) is 9.97. The predicted octanol–water partition coefficient (Wildman–Crippen LogP) is 1.35. The Morgan fingerprint density at radius 2 is 2.00 bits per heavy atom. The summed E-state index contributed by atoms with van der Waals surface area (Å²) in [5.41, 5.74) is 2.12. The number of hydrogen-bond donors (Lipinski definition) is 2. The van der Waals surface area contributed by atoms with Crippen molar-refractivity contribution in [3.05, 3.63) is 47.3 Å². The van der Waals surface area contributed by atoms with Gasteiger partial charge in [-0.25, -0.2) is 0 Å². The fourth-order valence-electron chi connectivity index (χ4n) is 1.75. The van der Waals surface area contributed by atoms with Crippen LogP contribution < -0.4 is 0 Å². The van der Waals surface area contributed by atoms with E-state index in [-0.39, 0.29) is 12.4 Å². The van der Waals surface area contributed by atoms with E-state index in [9.17, 15) is 4.79 Å². The van der Waals surface area contributed by atoms with Gasteiger partial charge in [0.1, 0.15) is 0 Å². The smallest absolute Gasteiger partial charge is 0.185 e. The van der Waals surface area contributed by atoms with Crippen LogP contribution in [0, 0.1) is 0 Å². The molecule has 2 N–H and O–H groups in total. The molecule has 2 aromatic rings. The van der Waals surface area contributed by atoms with Gasteiger partial charge in [0.15, 0.2) is 11.5 Å². The van der Waals surface area contributed by atoms with Crippen LogP contribution in [0.2, 0.25) is 0 Å². The molecule has 0 spiro atoms. The molecule has 0 aliphatic heterocycles. The van der Waals surface area contributed by atoms with E-state index in [0.29, 0.717) is 30.7 Å². The van der Waals surface area contributed by atoms with Crippen LogP contribution in [0.5, 0.6) is 0 Å². The highest BCUT2D eigenvalue weighted by atomic mass is 16.3. The second kappa shape index (κ2) is 6.07. The molecule has 0 fully saturated rings. The van der Waals surface area contributed by atoms with E-state index in [4.69, 9.17) is 5.11 Å². The van der Waals surface area contributed by atoms with Crippen molar-refractivity contribution in [3.63, 3.8) is 0 Å². The van der Waals surface area contributed by atoms with Crippen LogP contribution >= 0.6 is 0 Å². The van der Waals surface area contributed by atoms with Crippen molar-refractivity contribution in [3.8, 4) is 0 Å². The number of aromatic nitrogens is 3. The molecule has 0 aliphatic carbocycles. The molecule has 0 saturated heterocycles. The Kier molecular flexibility index (Phi) is 4.20. The average Bonchev–Trinajstić information content (AvgIpc) is 2.85. The van der Waals surface area contributed by atoms with E-state index in [2.05, 4.69) is 15.4 Å². The van der Waals surface area contributed by atoms with Crippen LogP contribution in [0.1, 0.15) is 34.6 Å². The normalized spacial score (nSPS) is 10.5. The largest absolute Gasteiger partial charge is 0.396 e. The number of rotatable bonds is 6. The fourth-order valence-corrected chi connectivity index (χ4v) is 1.75. The Labute approximate surface area is 105 Å². The van der Waals surface area contributed by atoms with E-state index in [1.807, 2.05) is 30.3 Å². The molecule has 0 amide bonds. The molecular formula is C13H15N3O2. The lowest BCUT2D eigenvalue weighted by molar-refractivity contribution is 0.0965. The molecule has 0 bridgehead atoms. The maximum absolute atomic E-state index is 11.8. The minimum Gasteiger partial charge on any atom is -0.396 e. The summed E-state index contributed by atoms with van der Waals surface area (Å²) in [6, 6.07) is 9.80. The number of Topliss-reactive ketones (excluding diaryl/α,β-unsaturated/α-hetero) is 1. The number of hydrogen-bond acceptors (Lipinski definition) is 4. The number of aromatic amines is 1. The Bertz CT molecular complexity index is 508. The van der Waals surface area contributed by atoms with Gasteiger partial charge in [-0.05, 0) is 12.0 Å². The van der Waals surface area contributed by atoms with Gasteiger partial charge < -0.3 is 5.11 Å². The Balaban J connectivity index is 2.10. The fraction of sp³-hybridized carbons (Fsp3) is 0.308. The molecule has 18 heavy (non-hydrogen) atoms. The summed E-state index contributed by atoms with van der Waals surface area (Å²) in [7, 11) is 0. The highest BCUT2D eigenvalue weighted by Crippen LogP contribution is 2.12. The van der Waals surface area contributed by atoms with Crippen molar-refractivity contribution in [2.24, 2.45) is 0 Å². The minimum absolute atomic E-state index is 0.0115. The first-order chi connectivity index (χ1) is 8.81. The molecule has 0 radical (unpaired) electrons. The molecule has 0 saturated carbocycles. The molecule has 5 nitrogen and oxygen atoms in total. The lowest BCUT2D eigenvalue weighted by Gasteiger charge is -2.00. The Hall–Kier alpha value is -2.01. The van der Waals surface area contributed by atoms with E-state index >= 15 is 0 Å². The van der Waals surface area contributed by atoms with Gasteiger partial charge in [-0.15, -0.1) is 0 Å². The van der Waals surface area contributed by atoms with Crippen molar-refractivity contribution in [1.29, 1.82) is 0 Å². The summed E-state index contributed by atoms with van der Waals surface area (Å²) >= 11 is 0. The van der Waals surface area contributed by atoms with E-state index in [0.717, 1.165) is 5.56 Å². The van der Waals surface area contributed by atoms with Crippen LogP contribution in [0.15, 0.2) is 30.3 Å². The van der Waals surface area contributed by atoms with Crippen LogP contribution in [-0.2, 0) is 6.42 Å². The summed E-state index contributed by atoms with van der Waals surface area (Å²) in [6.07, 6.45) is 1.33. The van der Waals surface area contributed by atoms with Gasteiger partial charge in [-0.2, -0.15) is 15.4 Å². The van der Waals surface area contributed by atoms with Gasteiger partial charge in [0.05, 0.1) is 5.69 Å². The third-order valence-electron chi connectivity index (χ3n) is 2.66. The molecular weight excluding hydrogens is 230 g/mol. The van der Waals surface area contributed by atoms with Gasteiger partial charge in [-0.1, -0.05) is 30.3 Å². The molecule has 0 unspecified atom stereocenters. The summed E-state index contributed by atoms with van der Waals surface area (Å²) in [5, 5.41) is 19.1. The summed E-state index contributed by atoms with van der Waals surface area (Å²) in [5.74, 6) is -0.0799. The van der Waals surface area contributed by atoms with Crippen molar-refractivity contribution < 1.29 is 9.90 Å². The zero-order chi connectivity index (χ0) is 12.8. The minimum atomic E-state index is -0.0799. The number of aliphatic hydroxyl groups is 1. The molecule has 1 aromatic carbocycles. The number of H-pyrrole nitrogens is 1. The predicted molar refractivity (Wildman–Crippen MR) is 66.3 cm³/mol. The van der Waals surface area contributed by atoms with E-state index in [1.165, 1.54) is 0 Å². The van der Waals surface area contributed by atoms with E-state index in [1.54, 1.807) is 0 Å². The number of carbonyl (C=O) groups excluding carboxylic acids is 1. The van der Waals surface area contributed by atoms with Crippen LogP contribution in [0.25, 0.3) is 0 Å². The quantitative estimate of drug-likeness (QED) is 0.753. The van der Waals surface area contributed by atoms with Crippen molar-refractivity contribution in [2.45, 2.75) is 19.3 Å². The van der Waals surface area contributed by atoms with Crippen molar-refractivity contribution in [2.75, 3.05) is 6.61 Å². The molecule has 94 valence electrons. The van der Waals surface area contributed by atoms with Crippen LogP contribution in [-0.4, -0.2) is 32.9 Å². The standard InChI is InChI=1S/C13H15N3O2/c17-8-4-7-12(18)13-11(14-16-15-13)9-10-5-2-1-3-6-10/h1-3,5-6,17H,4,7-9H2,(H,14,15,16). The van der Waals surface area contributed by atoms with Crippen molar-refractivity contribution in [1.82, 2.24) is 15.4 Å². The third-order valence-corrected chi connectivity index (χ3v) is 2.66. The number of benzene rings is 1. The molecule has 2 rings (SSSR count). The zero-order valence-electron chi connectivity index (χ0n) is 9.97. The van der Waals surface area contributed by atoms with Gasteiger partial charge in [0.2, 0.25) is 0 Å². The maximum atomic E-state index is 11.8. The second-order valence-electron chi connectivity index (χ2n) is 4.03. The number of nitrogens with zero attached hydrogens (tertiary/aromatic N) is 2. The van der Waals surface area contributed by atoms with Crippen LogP contribution in [0.3, 0.4) is 0 Å². The Morgan fingerprint density at radius 3 is 2.72 bits per heavy atom. The highest BCUT2D eigenvalue weighted by molar-refractivity contribution is 5.95. The van der Waals surface area contributed by atoms with Gasteiger partial charge in [0.25, 0.3) is 0 Å². The lowest BCUT2D eigenvalue weighted by Crippen LogP contribution is -2.05. The van der Waals surface area contributed by atoms with Gasteiger partial charge >= 0.3 is 0 Å². The van der Waals surface area contributed by atoms with Gasteiger partial charge in [0, 0.05) is 19.4 Å². The summed E-state index contributed by atoms with van der Waals surface area (Å²) in [6.45, 7) is 0.0115. The monoisotopic (exact) mass is 245 g/mol. The molecule has 0 atom stereocenters. The first kappa shape index (κ1) is 12.4. The summed E-state index contributed by atoms with van der Waals surface area (Å²) in [4.78, 5) is 11.8. The number of ketones is 1. The molecule has 5 heteroatoms. The number of nitrogens with one attached hydrogen (secondary N) is 1. The topological polar surface area (TPSA) is 78.9 Å². The first-order valence-corrected chi connectivity index (χ1v) is 5.89. The lowest BCUT2D eigenvalue weighted by atomic mass is 10.1. The number of aliphatic hydroxyl groups excluding tert-OH is 1. The van der Waals surface area contributed by atoms with Crippen molar-refractivity contribution >= 4 is 5.78 Å². The second-order valence-corrected chi connectivity index (χ2v) is 4.03. The maximum Gasteiger partial charge on any atom is 0.185 e. The van der Waals surface area contributed by atoms with E-state index < -0.39 is 0 Å². The molecule has 1 heterocycles. The SMILES string of the molecule is O=C(CCCO)c1n[nH]nc1Cc1ccccc1. The van der Waals surface area contributed by atoms with Crippen LogP contribution in [0.4, 0.5) is 0 Å². The average molecular weight is 245 g/mol. The first-order valence-electron chi connectivity index (χ1n) is 5.89. The highest BCUT2D eigenvalue weighted by Gasteiger charge is 2.15. The number of carbonyl (C=O) groups is 1. The molecule has 0 aliphatic rings. The molecule has 1 aromatic heterocycles. The Morgan fingerprint density at radius 1 is 1.22 bits per heavy atom.